The Balaban J connectivity index is 5.42. The standard InChI is InChI=1S/C22H50O2Si2/c1-19(2,3)25(23-13,20(4,5)6)17-15-16-18-26(24-14,21(7,8)9)22(10,11)12/h15-18H2,1-14H3. The van der Waals surface area contributed by atoms with Crippen molar-refractivity contribution in [2.75, 3.05) is 14.2 Å². The molecule has 0 saturated heterocycles. The first-order valence-electron chi connectivity index (χ1n) is 10.4. The zero-order valence-corrected chi connectivity index (χ0v) is 22.6. The first-order valence-corrected chi connectivity index (χ1v) is 14.7. The van der Waals surface area contributed by atoms with Crippen molar-refractivity contribution in [2.45, 2.75) is 128 Å². The van der Waals surface area contributed by atoms with Crippen LogP contribution >= 0.6 is 0 Å². The van der Waals surface area contributed by atoms with E-state index in [4.69, 9.17) is 8.85 Å². The Morgan fingerprint density at radius 1 is 0.462 bits per heavy atom. The minimum atomic E-state index is -1.90. The smallest absolute Gasteiger partial charge is 0.202 e. The molecule has 2 nitrogen and oxygen atoms in total. The third kappa shape index (κ3) is 5.04. The molecule has 4 heteroatoms. The minimum Gasteiger partial charge on any atom is -0.419 e. The highest BCUT2D eigenvalue weighted by Gasteiger charge is 2.55. The van der Waals surface area contributed by atoms with E-state index in [2.05, 4.69) is 83.1 Å². The van der Waals surface area contributed by atoms with Gasteiger partial charge in [-0.2, -0.15) is 0 Å². The van der Waals surface area contributed by atoms with Crippen molar-refractivity contribution in [3.05, 3.63) is 0 Å². The van der Waals surface area contributed by atoms with E-state index in [0.717, 1.165) is 0 Å². The second-order valence-electron chi connectivity index (χ2n) is 12.3. The fourth-order valence-electron chi connectivity index (χ4n) is 5.93. The monoisotopic (exact) mass is 402 g/mol. The fraction of sp³-hybridized carbons (Fsp3) is 1.00. The highest BCUT2D eigenvalue weighted by atomic mass is 28.4. The third-order valence-corrected chi connectivity index (χ3v) is 20.1. The van der Waals surface area contributed by atoms with Crippen molar-refractivity contribution in [3.8, 4) is 0 Å². The quantitative estimate of drug-likeness (QED) is 0.316. The zero-order valence-electron chi connectivity index (χ0n) is 20.6. The topological polar surface area (TPSA) is 18.5 Å². The molecule has 0 aliphatic rings. The van der Waals surface area contributed by atoms with Gasteiger partial charge in [0.15, 0.2) is 0 Å². The Hall–Kier alpha value is 0.354. The van der Waals surface area contributed by atoms with Crippen LogP contribution in [0.15, 0.2) is 0 Å². The molecular weight excluding hydrogens is 352 g/mol. The maximum absolute atomic E-state index is 6.38. The highest BCUT2D eigenvalue weighted by molar-refractivity contribution is 6.80. The summed E-state index contributed by atoms with van der Waals surface area (Å²) in [6, 6.07) is 2.47. The molecule has 0 rings (SSSR count). The highest BCUT2D eigenvalue weighted by Crippen LogP contribution is 2.56. The van der Waals surface area contributed by atoms with Gasteiger partial charge in [0.05, 0.1) is 0 Å². The van der Waals surface area contributed by atoms with Gasteiger partial charge in [0.2, 0.25) is 16.6 Å². The molecule has 0 aromatic heterocycles. The van der Waals surface area contributed by atoms with Crippen LogP contribution < -0.4 is 0 Å². The molecule has 0 atom stereocenters. The van der Waals surface area contributed by atoms with Crippen LogP contribution in [0.25, 0.3) is 0 Å². The van der Waals surface area contributed by atoms with Gasteiger partial charge in [-0.3, -0.25) is 0 Å². The molecule has 0 N–H and O–H groups in total. The maximum atomic E-state index is 6.38. The number of rotatable bonds is 7. The van der Waals surface area contributed by atoms with Crippen molar-refractivity contribution < 1.29 is 8.85 Å². The van der Waals surface area contributed by atoms with E-state index in [1.165, 1.54) is 24.9 Å². The number of hydrogen-bond donors (Lipinski definition) is 0. The van der Waals surface area contributed by atoms with Gasteiger partial charge in [-0.25, -0.2) is 0 Å². The van der Waals surface area contributed by atoms with E-state index in [-0.39, 0.29) is 20.2 Å². The van der Waals surface area contributed by atoms with Crippen LogP contribution in [-0.4, -0.2) is 30.9 Å². The number of hydrogen-bond acceptors (Lipinski definition) is 2. The molecule has 0 spiro atoms. The lowest BCUT2D eigenvalue weighted by Crippen LogP contribution is -2.54. The second-order valence-corrected chi connectivity index (χ2v) is 23.4. The zero-order chi connectivity index (χ0) is 21.2. The SMILES string of the molecule is CO[Si](CCCC[Si](OC)(C(C)(C)C)C(C)(C)C)(C(C)(C)C)C(C)(C)C. The van der Waals surface area contributed by atoms with E-state index in [1.54, 1.807) is 0 Å². The molecule has 158 valence electrons. The van der Waals surface area contributed by atoms with Gasteiger partial charge in [0, 0.05) is 14.2 Å². The van der Waals surface area contributed by atoms with Crippen LogP contribution in [0.1, 0.15) is 95.9 Å². The van der Waals surface area contributed by atoms with E-state index in [0.29, 0.717) is 0 Å². The predicted molar refractivity (Wildman–Crippen MR) is 123 cm³/mol. The molecular formula is C22H50O2Si2. The maximum Gasteiger partial charge on any atom is 0.202 e. The van der Waals surface area contributed by atoms with Gasteiger partial charge in [-0.15, -0.1) is 0 Å². The Labute approximate surface area is 168 Å². The average molecular weight is 403 g/mol. The molecule has 0 aromatic carbocycles. The lowest BCUT2D eigenvalue weighted by Gasteiger charge is -2.51. The van der Waals surface area contributed by atoms with Crippen LogP contribution in [0.5, 0.6) is 0 Å². The predicted octanol–water partition coefficient (Wildman–Crippen LogP) is 8.15. The van der Waals surface area contributed by atoms with Gasteiger partial charge < -0.3 is 8.85 Å². The van der Waals surface area contributed by atoms with Crippen LogP contribution in [0.3, 0.4) is 0 Å². The van der Waals surface area contributed by atoms with Crippen LogP contribution in [0.2, 0.25) is 32.2 Å². The van der Waals surface area contributed by atoms with Crippen molar-refractivity contribution in [1.29, 1.82) is 0 Å². The molecule has 0 bridgehead atoms. The van der Waals surface area contributed by atoms with Gasteiger partial charge in [0.1, 0.15) is 0 Å². The molecule has 0 fully saturated rings. The summed E-state index contributed by atoms with van der Waals surface area (Å²) in [4.78, 5) is 0. The summed E-state index contributed by atoms with van der Waals surface area (Å²) in [7, 11) is 0.126. The Morgan fingerprint density at radius 3 is 0.769 bits per heavy atom. The molecule has 0 amide bonds. The summed E-state index contributed by atoms with van der Waals surface area (Å²) in [5.41, 5.74) is 0. The lowest BCUT2D eigenvalue weighted by molar-refractivity contribution is 0.317. The van der Waals surface area contributed by atoms with Gasteiger partial charge in [-0.1, -0.05) is 95.9 Å². The first-order chi connectivity index (χ1) is 11.3. The molecule has 0 aliphatic carbocycles. The fourth-order valence-corrected chi connectivity index (χ4v) is 17.8. The molecule has 0 saturated carbocycles. The van der Waals surface area contributed by atoms with E-state index in [1.807, 2.05) is 14.2 Å². The van der Waals surface area contributed by atoms with Crippen LogP contribution in [0.4, 0.5) is 0 Å². The largest absolute Gasteiger partial charge is 0.419 e. The van der Waals surface area contributed by atoms with Crippen molar-refractivity contribution in [1.82, 2.24) is 0 Å². The third-order valence-electron chi connectivity index (χ3n) is 6.85. The van der Waals surface area contributed by atoms with Crippen molar-refractivity contribution in [3.63, 3.8) is 0 Å². The molecule has 0 aromatic rings. The summed E-state index contributed by atoms with van der Waals surface area (Å²) in [5, 5.41) is 0.960. The summed E-state index contributed by atoms with van der Waals surface area (Å²) < 4.78 is 12.8. The Morgan fingerprint density at radius 2 is 0.654 bits per heavy atom. The molecule has 26 heavy (non-hydrogen) atoms. The molecule has 0 unspecified atom stereocenters. The Kier molecular flexibility index (Phi) is 8.50. The molecule has 0 aliphatic heterocycles. The van der Waals surface area contributed by atoms with Crippen molar-refractivity contribution in [2.24, 2.45) is 0 Å². The van der Waals surface area contributed by atoms with Gasteiger partial charge >= 0.3 is 0 Å². The minimum absolute atomic E-state index is 0.240. The van der Waals surface area contributed by atoms with Crippen LogP contribution in [-0.2, 0) is 8.85 Å². The van der Waals surface area contributed by atoms with Crippen molar-refractivity contribution >= 4 is 16.6 Å². The number of unbranched alkanes of at least 4 members (excludes halogenated alkanes) is 1. The van der Waals surface area contributed by atoms with E-state index in [9.17, 15) is 0 Å². The van der Waals surface area contributed by atoms with E-state index < -0.39 is 16.6 Å². The first kappa shape index (κ1) is 26.4. The summed E-state index contributed by atoms with van der Waals surface area (Å²) >= 11 is 0. The average Bonchev–Trinajstić information content (AvgIpc) is 2.37. The summed E-state index contributed by atoms with van der Waals surface area (Å²) in [5.74, 6) is 0. The van der Waals surface area contributed by atoms with Crippen LogP contribution in [0, 0.1) is 0 Å². The molecule has 0 heterocycles. The van der Waals surface area contributed by atoms with E-state index >= 15 is 0 Å². The Bertz CT molecular complexity index is 361. The molecule has 0 radical (unpaired) electrons. The normalized spacial score (nSPS) is 15.5. The summed E-state index contributed by atoms with van der Waals surface area (Å²) in [6.45, 7) is 28.6. The lowest BCUT2D eigenvalue weighted by atomic mass is 10.2. The van der Waals surface area contributed by atoms with Gasteiger partial charge in [-0.05, 0) is 32.2 Å². The van der Waals surface area contributed by atoms with Gasteiger partial charge in [0.25, 0.3) is 0 Å². The second kappa shape index (κ2) is 8.38. The summed E-state index contributed by atoms with van der Waals surface area (Å²) in [6.07, 6.45) is 2.50.